The highest BCUT2D eigenvalue weighted by molar-refractivity contribution is 5.37. The van der Waals surface area contributed by atoms with E-state index in [1.54, 1.807) is 0 Å². The van der Waals surface area contributed by atoms with E-state index in [0.29, 0.717) is 5.56 Å². The van der Waals surface area contributed by atoms with E-state index in [1.807, 2.05) is 0 Å². The Labute approximate surface area is 67.8 Å². The number of hydrogen-bond acceptors (Lipinski definition) is 2. The van der Waals surface area contributed by atoms with E-state index in [9.17, 15) is 13.6 Å². The molecule has 1 rings (SSSR count). The van der Waals surface area contributed by atoms with E-state index >= 15 is 0 Å². The quantitative estimate of drug-likeness (QED) is 0.648. The number of carbonyl (C=O) groups is 1. The number of halogens is 2. The van der Waals surface area contributed by atoms with Gasteiger partial charge in [0.2, 0.25) is 0 Å². The molecule has 0 saturated heterocycles. The molecule has 0 bridgehead atoms. The van der Waals surface area contributed by atoms with E-state index in [2.05, 4.69) is 4.74 Å². The third-order valence-corrected chi connectivity index (χ3v) is 1.24. The molecule has 0 aliphatic rings. The van der Waals surface area contributed by atoms with E-state index in [-0.39, 0.29) is 13.1 Å². The second-order valence-electron chi connectivity index (χ2n) is 2.18. The molecule has 0 spiro atoms. The first-order valence-corrected chi connectivity index (χ1v) is 3.22. The highest BCUT2D eigenvalue weighted by Gasteiger charge is 1.99. The summed E-state index contributed by atoms with van der Waals surface area (Å²) in [5, 5.41) is 0. The molecular weight excluding hydrogens is 166 g/mol. The molecule has 0 N–H and O–H groups in total. The molecule has 0 atom stereocenters. The molecule has 4 heteroatoms. The maximum absolute atomic E-state index is 12.5. The van der Waals surface area contributed by atoms with Gasteiger partial charge in [-0.15, -0.1) is 0 Å². The van der Waals surface area contributed by atoms with Crippen LogP contribution >= 0.6 is 0 Å². The average Bonchev–Trinajstić information content (AvgIpc) is 1.99. The summed E-state index contributed by atoms with van der Waals surface area (Å²) < 4.78 is 29.3. The first kappa shape index (κ1) is 8.64. The smallest absolute Gasteiger partial charge is 0.293 e. The number of rotatable bonds is 3. The lowest BCUT2D eigenvalue weighted by Crippen LogP contribution is -1.92. The zero-order valence-corrected chi connectivity index (χ0v) is 6.09. The third-order valence-electron chi connectivity index (χ3n) is 1.24. The maximum Gasteiger partial charge on any atom is 0.293 e. The van der Waals surface area contributed by atoms with Gasteiger partial charge in [0.25, 0.3) is 6.47 Å². The minimum Gasteiger partial charge on any atom is -0.463 e. The molecule has 1 aromatic carbocycles. The molecule has 0 fully saturated rings. The third kappa shape index (κ3) is 2.30. The Hall–Kier alpha value is -1.45. The molecule has 0 saturated carbocycles. The van der Waals surface area contributed by atoms with E-state index in [1.165, 1.54) is 0 Å². The molecule has 0 aromatic heterocycles. The Kier molecular flexibility index (Phi) is 2.74. The largest absolute Gasteiger partial charge is 0.463 e. The minimum absolute atomic E-state index is 0.113. The number of hydrogen-bond donors (Lipinski definition) is 0. The predicted molar refractivity (Wildman–Crippen MR) is 37.2 cm³/mol. The first-order chi connectivity index (χ1) is 5.72. The van der Waals surface area contributed by atoms with E-state index in [4.69, 9.17) is 0 Å². The number of carbonyl (C=O) groups excluding carboxylic acids is 1. The van der Waals surface area contributed by atoms with Gasteiger partial charge in [-0.3, -0.25) is 4.79 Å². The summed E-state index contributed by atoms with van der Waals surface area (Å²) in [4.78, 5) is 9.74. The van der Waals surface area contributed by atoms with E-state index in [0.717, 1.165) is 18.2 Å². The van der Waals surface area contributed by atoms with Gasteiger partial charge in [0, 0.05) is 6.07 Å². The number of ether oxygens (including phenoxy) is 1. The summed E-state index contributed by atoms with van der Waals surface area (Å²) in [6.45, 7) is 0.112. The molecule has 0 aliphatic carbocycles. The van der Waals surface area contributed by atoms with Crippen LogP contribution in [-0.2, 0) is 16.1 Å². The zero-order chi connectivity index (χ0) is 8.97. The summed E-state index contributed by atoms with van der Waals surface area (Å²) in [6.07, 6.45) is 0. The van der Waals surface area contributed by atoms with Crippen molar-refractivity contribution in [3.63, 3.8) is 0 Å². The predicted octanol–water partition coefficient (Wildman–Crippen LogP) is 1.64. The summed E-state index contributed by atoms with van der Waals surface area (Å²) in [5.74, 6) is -1.36. The second kappa shape index (κ2) is 3.80. The van der Waals surface area contributed by atoms with Gasteiger partial charge < -0.3 is 4.74 Å². The normalized spacial score (nSPS) is 9.50. The van der Waals surface area contributed by atoms with Crippen LogP contribution in [0.1, 0.15) is 5.56 Å². The van der Waals surface area contributed by atoms with Crippen LogP contribution in [0.2, 0.25) is 0 Å². The molecule has 12 heavy (non-hydrogen) atoms. The molecule has 0 unspecified atom stereocenters. The van der Waals surface area contributed by atoms with Gasteiger partial charge in [0.05, 0.1) is 0 Å². The SMILES string of the molecule is O=COCc1cc(F)cc(F)c1. The highest BCUT2D eigenvalue weighted by Crippen LogP contribution is 2.08. The Balaban J connectivity index is 2.78. The van der Waals surface area contributed by atoms with Crippen LogP contribution in [0.25, 0.3) is 0 Å². The van der Waals surface area contributed by atoms with E-state index < -0.39 is 11.6 Å². The van der Waals surface area contributed by atoms with Crippen molar-refractivity contribution in [3.05, 3.63) is 35.4 Å². The average molecular weight is 172 g/mol. The van der Waals surface area contributed by atoms with Crippen LogP contribution in [0.3, 0.4) is 0 Å². The topological polar surface area (TPSA) is 26.3 Å². The van der Waals surface area contributed by atoms with Crippen molar-refractivity contribution < 1.29 is 18.3 Å². The lowest BCUT2D eigenvalue weighted by molar-refractivity contribution is -0.129. The van der Waals surface area contributed by atoms with Crippen LogP contribution in [0.4, 0.5) is 8.78 Å². The Morgan fingerprint density at radius 3 is 2.33 bits per heavy atom. The van der Waals surface area contributed by atoms with Crippen LogP contribution in [-0.4, -0.2) is 6.47 Å². The van der Waals surface area contributed by atoms with Crippen LogP contribution in [0, 0.1) is 11.6 Å². The van der Waals surface area contributed by atoms with Gasteiger partial charge in [0.1, 0.15) is 18.2 Å². The fourth-order valence-electron chi connectivity index (χ4n) is 0.825. The molecule has 0 heterocycles. The van der Waals surface area contributed by atoms with Gasteiger partial charge in [-0.25, -0.2) is 8.78 Å². The summed E-state index contributed by atoms with van der Waals surface area (Å²) >= 11 is 0. The molecule has 64 valence electrons. The lowest BCUT2D eigenvalue weighted by Gasteiger charge is -1.99. The Bertz CT molecular complexity index is 266. The second-order valence-corrected chi connectivity index (χ2v) is 2.18. The van der Waals surface area contributed by atoms with Crippen LogP contribution in [0.15, 0.2) is 18.2 Å². The summed E-state index contributed by atoms with van der Waals surface area (Å²) in [7, 11) is 0. The molecule has 0 aliphatic heterocycles. The fraction of sp³-hybridized carbons (Fsp3) is 0.125. The van der Waals surface area contributed by atoms with Crippen molar-refractivity contribution >= 4 is 6.47 Å². The highest BCUT2D eigenvalue weighted by atomic mass is 19.1. The van der Waals surface area contributed by atoms with Gasteiger partial charge >= 0.3 is 0 Å². The van der Waals surface area contributed by atoms with Gasteiger partial charge in [-0.05, 0) is 17.7 Å². The minimum atomic E-state index is -0.681. The van der Waals surface area contributed by atoms with Crippen molar-refractivity contribution in [2.45, 2.75) is 6.61 Å². The lowest BCUT2D eigenvalue weighted by atomic mass is 10.2. The number of benzene rings is 1. The molecule has 1 aromatic rings. The first-order valence-electron chi connectivity index (χ1n) is 3.22. The monoisotopic (exact) mass is 172 g/mol. The maximum atomic E-state index is 12.5. The van der Waals surface area contributed by atoms with Crippen molar-refractivity contribution in [1.82, 2.24) is 0 Å². The standard InChI is InChI=1S/C8H6F2O2/c9-7-1-6(4-12-5-11)2-8(10)3-7/h1-3,5H,4H2. The molecule has 2 nitrogen and oxygen atoms in total. The van der Waals surface area contributed by atoms with Crippen LogP contribution in [0.5, 0.6) is 0 Å². The zero-order valence-electron chi connectivity index (χ0n) is 6.09. The van der Waals surface area contributed by atoms with Gasteiger partial charge in [0.15, 0.2) is 0 Å². The van der Waals surface area contributed by atoms with Crippen molar-refractivity contribution in [2.75, 3.05) is 0 Å². The molecule has 0 amide bonds. The van der Waals surface area contributed by atoms with Crippen molar-refractivity contribution in [2.24, 2.45) is 0 Å². The fourth-order valence-corrected chi connectivity index (χ4v) is 0.825. The molecular formula is C8H6F2O2. The van der Waals surface area contributed by atoms with Crippen LogP contribution < -0.4 is 0 Å². The Morgan fingerprint density at radius 2 is 1.83 bits per heavy atom. The van der Waals surface area contributed by atoms with Crippen molar-refractivity contribution in [3.8, 4) is 0 Å². The summed E-state index contributed by atoms with van der Waals surface area (Å²) in [5.41, 5.74) is 0.291. The summed E-state index contributed by atoms with van der Waals surface area (Å²) in [6, 6.07) is 2.96. The van der Waals surface area contributed by atoms with Crippen molar-refractivity contribution in [1.29, 1.82) is 0 Å². The van der Waals surface area contributed by atoms with Gasteiger partial charge in [-0.1, -0.05) is 0 Å². The molecule has 0 radical (unpaired) electrons. The Morgan fingerprint density at radius 1 is 1.25 bits per heavy atom. The van der Waals surface area contributed by atoms with Gasteiger partial charge in [-0.2, -0.15) is 0 Å².